The number of carbonyl (C=O) groups is 3. The normalized spacial score (nSPS) is 24.6. The van der Waals surface area contributed by atoms with Crippen LogP contribution in [0.4, 0.5) is 0 Å². The summed E-state index contributed by atoms with van der Waals surface area (Å²) in [6, 6.07) is 17.0. The predicted octanol–water partition coefficient (Wildman–Crippen LogP) is 5.25. The number of rotatable bonds is 9. The van der Waals surface area contributed by atoms with Crippen LogP contribution in [0.3, 0.4) is 0 Å². The third-order valence-corrected chi connectivity index (χ3v) is 8.25. The van der Waals surface area contributed by atoms with Crippen LogP contribution in [-0.4, -0.2) is 66.0 Å². The number of nitrogens with zero attached hydrogens (tertiary/aromatic N) is 2. The molecule has 1 saturated heterocycles. The Morgan fingerprint density at radius 3 is 2.50 bits per heavy atom. The van der Waals surface area contributed by atoms with E-state index >= 15 is 0 Å². The summed E-state index contributed by atoms with van der Waals surface area (Å²) in [6.07, 6.45) is 3.65. The van der Waals surface area contributed by atoms with E-state index in [9.17, 15) is 14.4 Å². The van der Waals surface area contributed by atoms with Gasteiger partial charge in [-0.05, 0) is 55.1 Å². The van der Waals surface area contributed by atoms with E-state index < -0.39 is 0 Å². The Bertz CT molecular complexity index is 1210. The molecule has 2 aromatic carbocycles. The number of piperidine rings is 1. The minimum atomic E-state index is -0.386. The van der Waals surface area contributed by atoms with Crippen LogP contribution in [0.25, 0.3) is 0 Å². The van der Waals surface area contributed by atoms with E-state index in [0.717, 1.165) is 38.0 Å². The molecule has 1 aliphatic heterocycles. The van der Waals surface area contributed by atoms with E-state index in [1.807, 2.05) is 53.4 Å². The van der Waals surface area contributed by atoms with Crippen LogP contribution in [-0.2, 0) is 19.7 Å². The van der Waals surface area contributed by atoms with Crippen LogP contribution in [0, 0.1) is 11.8 Å². The smallest absolute Gasteiger partial charge is 0.308 e. The van der Waals surface area contributed by atoms with Crippen molar-refractivity contribution in [2.24, 2.45) is 11.8 Å². The maximum Gasteiger partial charge on any atom is 0.308 e. The van der Waals surface area contributed by atoms with Gasteiger partial charge in [-0.15, -0.1) is 6.58 Å². The van der Waals surface area contributed by atoms with Gasteiger partial charge in [-0.3, -0.25) is 19.3 Å². The first-order valence-corrected chi connectivity index (χ1v) is 14.3. The van der Waals surface area contributed by atoms with Crippen molar-refractivity contribution in [1.29, 1.82) is 0 Å². The summed E-state index contributed by atoms with van der Waals surface area (Å²) in [5, 5.41) is 0. The maximum atomic E-state index is 14.0. The van der Waals surface area contributed by atoms with Crippen molar-refractivity contribution in [1.82, 2.24) is 9.80 Å². The van der Waals surface area contributed by atoms with Crippen LogP contribution in [0.1, 0.15) is 62.9 Å². The number of carbonyl (C=O) groups excluding carboxylic acids is 3. The standard InChI is InChI=1S/C33H42N2O5/c1-6-16-34-17-15-33(27-13-10-14-29(18-27)39-24(4)36)20-28(19-31(30(33)22-34)40-25(5)37)35(21-23(2)3)32(38)26-11-8-7-9-12-26/h6-14,18,23,28,30-31H,1,15-17,19-22H2,2-5H3. The Hall–Kier alpha value is -3.45. The number of hydrogen-bond donors (Lipinski definition) is 0. The molecule has 2 aromatic rings. The van der Waals surface area contributed by atoms with Crippen LogP contribution < -0.4 is 4.74 Å². The van der Waals surface area contributed by atoms with E-state index in [-0.39, 0.29) is 47.2 Å². The van der Waals surface area contributed by atoms with Crippen molar-refractivity contribution < 1.29 is 23.9 Å². The average Bonchev–Trinajstić information content (AvgIpc) is 2.91. The van der Waals surface area contributed by atoms with Crippen molar-refractivity contribution in [3.63, 3.8) is 0 Å². The number of hydrogen-bond acceptors (Lipinski definition) is 6. The number of ether oxygens (including phenoxy) is 2. The third-order valence-electron chi connectivity index (χ3n) is 8.25. The molecule has 7 nitrogen and oxygen atoms in total. The molecule has 0 aromatic heterocycles. The Balaban J connectivity index is 1.82. The molecule has 1 heterocycles. The Morgan fingerprint density at radius 2 is 1.85 bits per heavy atom. The highest BCUT2D eigenvalue weighted by Crippen LogP contribution is 2.51. The zero-order valence-electron chi connectivity index (χ0n) is 24.2. The minimum Gasteiger partial charge on any atom is -0.462 e. The summed E-state index contributed by atoms with van der Waals surface area (Å²) in [6.45, 7) is 14.0. The lowest BCUT2D eigenvalue weighted by atomic mass is 9.56. The molecule has 4 atom stereocenters. The molecule has 7 heteroatoms. The molecule has 2 fully saturated rings. The summed E-state index contributed by atoms with van der Waals surface area (Å²) in [4.78, 5) is 42.5. The molecular weight excluding hydrogens is 504 g/mol. The zero-order valence-corrected chi connectivity index (χ0v) is 24.2. The number of fused-ring (bicyclic) bond motifs is 1. The lowest BCUT2D eigenvalue weighted by Crippen LogP contribution is -2.62. The van der Waals surface area contributed by atoms with Crippen molar-refractivity contribution in [3.8, 4) is 5.75 Å². The van der Waals surface area contributed by atoms with Crippen molar-refractivity contribution >= 4 is 17.8 Å². The fraction of sp³-hybridized carbons (Fsp3) is 0.485. The first-order chi connectivity index (χ1) is 19.1. The summed E-state index contributed by atoms with van der Waals surface area (Å²) in [5.74, 6) is 0.0584. The van der Waals surface area contributed by atoms with Gasteiger partial charge in [0.1, 0.15) is 11.9 Å². The maximum absolute atomic E-state index is 14.0. The second-order valence-electron chi connectivity index (χ2n) is 11.6. The molecule has 4 rings (SSSR count). The average molecular weight is 547 g/mol. The Kier molecular flexibility index (Phi) is 9.46. The second kappa shape index (κ2) is 12.8. The molecule has 1 aliphatic carbocycles. The van der Waals surface area contributed by atoms with E-state index in [1.165, 1.54) is 13.8 Å². The van der Waals surface area contributed by atoms with Gasteiger partial charge in [0.05, 0.1) is 0 Å². The lowest BCUT2D eigenvalue weighted by Gasteiger charge is -2.56. The second-order valence-corrected chi connectivity index (χ2v) is 11.6. The molecule has 2 aliphatic rings. The zero-order chi connectivity index (χ0) is 28.9. The molecule has 0 bridgehead atoms. The molecule has 1 amide bonds. The van der Waals surface area contributed by atoms with Crippen LogP contribution in [0.2, 0.25) is 0 Å². The van der Waals surface area contributed by atoms with Crippen molar-refractivity contribution in [3.05, 3.63) is 78.4 Å². The van der Waals surface area contributed by atoms with Gasteiger partial charge in [-0.1, -0.05) is 50.3 Å². The molecule has 0 radical (unpaired) electrons. The van der Waals surface area contributed by atoms with Gasteiger partial charge < -0.3 is 14.4 Å². The van der Waals surface area contributed by atoms with Gasteiger partial charge in [0, 0.05) is 62.8 Å². The Labute approximate surface area is 238 Å². The molecule has 0 N–H and O–H groups in total. The van der Waals surface area contributed by atoms with Crippen LogP contribution in [0.5, 0.6) is 5.75 Å². The largest absolute Gasteiger partial charge is 0.462 e. The summed E-state index contributed by atoms with van der Waals surface area (Å²) in [7, 11) is 0. The lowest BCUT2D eigenvalue weighted by molar-refractivity contribution is -0.159. The Morgan fingerprint density at radius 1 is 1.10 bits per heavy atom. The molecular formula is C33H42N2O5. The number of benzene rings is 2. The molecule has 0 spiro atoms. The topological polar surface area (TPSA) is 76.2 Å². The third kappa shape index (κ3) is 6.64. The van der Waals surface area contributed by atoms with E-state index in [2.05, 4.69) is 31.4 Å². The fourth-order valence-corrected chi connectivity index (χ4v) is 6.73. The summed E-state index contributed by atoms with van der Waals surface area (Å²) >= 11 is 0. The predicted molar refractivity (Wildman–Crippen MR) is 155 cm³/mol. The number of amides is 1. The molecule has 40 heavy (non-hydrogen) atoms. The van der Waals surface area contributed by atoms with Gasteiger partial charge in [0.15, 0.2) is 0 Å². The number of esters is 2. The first kappa shape index (κ1) is 29.5. The monoisotopic (exact) mass is 546 g/mol. The highest BCUT2D eigenvalue weighted by molar-refractivity contribution is 5.94. The molecule has 214 valence electrons. The quantitative estimate of drug-likeness (QED) is 0.243. The van der Waals surface area contributed by atoms with Crippen LogP contribution in [0.15, 0.2) is 67.3 Å². The van der Waals surface area contributed by atoms with E-state index in [4.69, 9.17) is 9.47 Å². The van der Waals surface area contributed by atoms with E-state index in [0.29, 0.717) is 24.3 Å². The van der Waals surface area contributed by atoms with Gasteiger partial charge in [0.2, 0.25) is 0 Å². The summed E-state index contributed by atoms with van der Waals surface area (Å²) < 4.78 is 11.6. The highest BCUT2D eigenvalue weighted by atomic mass is 16.5. The van der Waals surface area contributed by atoms with Gasteiger partial charge in [0.25, 0.3) is 5.91 Å². The first-order valence-electron chi connectivity index (χ1n) is 14.3. The highest BCUT2D eigenvalue weighted by Gasteiger charge is 2.54. The van der Waals surface area contributed by atoms with E-state index in [1.54, 1.807) is 6.07 Å². The van der Waals surface area contributed by atoms with Gasteiger partial charge in [-0.2, -0.15) is 0 Å². The molecule has 4 unspecified atom stereocenters. The van der Waals surface area contributed by atoms with Crippen molar-refractivity contribution in [2.45, 2.75) is 64.5 Å². The minimum absolute atomic E-state index is 0.00153. The fourth-order valence-electron chi connectivity index (χ4n) is 6.73. The molecule has 1 saturated carbocycles. The van der Waals surface area contributed by atoms with Crippen LogP contribution >= 0.6 is 0 Å². The van der Waals surface area contributed by atoms with Gasteiger partial charge in [-0.25, -0.2) is 0 Å². The SMILES string of the molecule is C=CCN1CCC2(c3cccc(OC(C)=O)c3)CC(N(CC(C)C)C(=O)c3ccccc3)CC(OC(C)=O)C2C1. The van der Waals surface area contributed by atoms with Gasteiger partial charge >= 0.3 is 11.9 Å². The summed E-state index contributed by atoms with van der Waals surface area (Å²) in [5.41, 5.74) is 1.32. The van der Waals surface area contributed by atoms with Crippen molar-refractivity contribution in [2.75, 3.05) is 26.2 Å². The number of likely N-dealkylation sites (tertiary alicyclic amines) is 1.